The fourth-order valence-corrected chi connectivity index (χ4v) is 1.26. The van der Waals surface area contributed by atoms with Gasteiger partial charge in [-0.15, -0.1) is 13.2 Å². The first kappa shape index (κ1) is 13.8. The number of benzene rings is 1. The predicted molar refractivity (Wildman–Crippen MR) is 58.0 cm³/mol. The molecule has 0 aliphatic carbocycles. The van der Waals surface area contributed by atoms with Crippen LogP contribution in [0, 0.1) is 5.82 Å². The highest BCUT2D eigenvalue weighted by molar-refractivity contribution is 5.33. The van der Waals surface area contributed by atoms with Crippen molar-refractivity contribution in [3.63, 3.8) is 0 Å². The lowest BCUT2D eigenvalue weighted by Gasteiger charge is -2.09. The highest BCUT2D eigenvalue weighted by Crippen LogP contribution is 2.26. The number of nitrogens with zero attached hydrogens (tertiary/aromatic N) is 1. The maximum atomic E-state index is 13.2. The summed E-state index contributed by atoms with van der Waals surface area (Å²) in [5.74, 6) is -1.84. The van der Waals surface area contributed by atoms with Gasteiger partial charge in [0.2, 0.25) is 11.7 Å². The van der Waals surface area contributed by atoms with Gasteiger partial charge in [-0.05, 0) is 24.3 Å². The second-order valence-electron chi connectivity index (χ2n) is 3.49. The molecular weight excluding hydrogens is 284 g/mol. The number of H-pyrrole nitrogens is 1. The molecule has 0 radical (unpaired) electrons. The number of halogens is 4. The van der Waals surface area contributed by atoms with Gasteiger partial charge in [-0.25, -0.2) is 4.79 Å². The van der Waals surface area contributed by atoms with E-state index in [0.717, 1.165) is 24.3 Å². The van der Waals surface area contributed by atoms with E-state index in [2.05, 4.69) is 9.72 Å². The first-order chi connectivity index (χ1) is 9.33. The van der Waals surface area contributed by atoms with E-state index < -0.39 is 29.5 Å². The molecule has 0 aliphatic heterocycles. The fourth-order valence-electron chi connectivity index (χ4n) is 1.26. The normalized spacial score (nSPS) is 11.2. The van der Waals surface area contributed by atoms with Crippen LogP contribution in [0.3, 0.4) is 0 Å². The van der Waals surface area contributed by atoms with E-state index in [1.54, 1.807) is 0 Å². The molecule has 0 saturated heterocycles. The number of aromatic nitrogens is 2. The van der Waals surface area contributed by atoms with Gasteiger partial charge in [0.05, 0.1) is 6.20 Å². The van der Waals surface area contributed by atoms with Crippen molar-refractivity contribution in [2.45, 2.75) is 6.36 Å². The molecule has 0 unspecified atom stereocenters. The van der Waals surface area contributed by atoms with E-state index in [1.165, 1.54) is 0 Å². The molecule has 20 heavy (non-hydrogen) atoms. The van der Waals surface area contributed by atoms with E-state index in [0.29, 0.717) is 6.20 Å². The van der Waals surface area contributed by atoms with Crippen molar-refractivity contribution in [1.29, 1.82) is 0 Å². The minimum Gasteiger partial charge on any atom is -0.438 e. The van der Waals surface area contributed by atoms with Gasteiger partial charge in [0.25, 0.3) is 0 Å². The van der Waals surface area contributed by atoms with Gasteiger partial charge in [0.15, 0.2) is 0 Å². The summed E-state index contributed by atoms with van der Waals surface area (Å²) in [6.07, 6.45) is -4.14. The fraction of sp³-hybridized carbons (Fsp3) is 0.0909. The number of hydrogen-bond donors (Lipinski definition) is 1. The first-order valence-corrected chi connectivity index (χ1v) is 5.12. The van der Waals surface area contributed by atoms with E-state index >= 15 is 0 Å². The molecule has 0 atom stereocenters. The quantitative estimate of drug-likeness (QED) is 0.882. The van der Waals surface area contributed by atoms with Gasteiger partial charge in [0, 0.05) is 0 Å². The molecule has 2 aromatic rings. The molecular formula is C11H6F4N2O3. The third-order valence-electron chi connectivity index (χ3n) is 2.01. The Hall–Kier alpha value is -2.58. The van der Waals surface area contributed by atoms with Crippen LogP contribution in [0.2, 0.25) is 0 Å². The molecule has 1 N–H and O–H groups in total. The van der Waals surface area contributed by atoms with Crippen LogP contribution < -0.4 is 15.2 Å². The summed E-state index contributed by atoms with van der Waals surface area (Å²) < 4.78 is 57.7. The number of rotatable bonds is 3. The van der Waals surface area contributed by atoms with Crippen molar-refractivity contribution in [3.05, 3.63) is 46.8 Å². The summed E-state index contributed by atoms with van der Waals surface area (Å²) in [7, 11) is 0. The SMILES string of the molecule is O=c1ncc(F)c(Oc2ccc(OC(F)(F)F)cc2)[nH]1. The molecule has 1 aromatic carbocycles. The van der Waals surface area contributed by atoms with E-state index in [-0.39, 0.29) is 5.75 Å². The zero-order chi connectivity index (χ0) is 14.8. The Kier molecular flexibility index (Phi) is 3.59. The minimum atomic E-state index is -4.80. The van der Waals surface area contributed by atoms with Crippen molar-refractivity contribution in [3.8, 4) is 17.4 Å². The monoisotopic (exact) mass is 290 g/mol. The number of hydrogen-bond acceptors (Lipinski definition) is 4. The Bertz CT molecular complexity index is 652. The third kappa shape index (κ3) is 3.70. The second kappa shape index (κ2) is 5.19. The van der Waals surface area contributed by atoms with Crippen LogP contribution in [0.5, 0.6) is 17.4 Å². The molecule has 0 aliphatic rings. The molecule has 0 saturated carbocycles. The maximum absolute atomic E-state index is 13.2. The lowest BCUT2D eigenvalue weighted by Crippen LogP contribution is -2.17. The van der Waals surface area contributed by atoms with E-state index in [9.17, 15) is 22.4 Å². The van der Waals surface area contributed by atoms with Crippen LogP contribution in [-0.4, -0.2) is 16.3 Å². The summed E-state index contributed by atoms with van der Waals surface area (Å²) in [5.41, 5.74) is -0.821. The molecule has 0 fully saturated rings. The number of aromatic amines is 1. The lowest BCUT2D eigenvalue weighted by molar-refractivity contribution is -0.274. The number of ether oxygens (including phenoxy) is 2. The second-order valence-corrected chi connectivity index (χ2v) is 3.49. The Morgan fingerprint density at radius 2 is 1.70 bits per heavy atom. The van der Waals surface area contributed by atoms with E-state index in [4.69, 9.17) is 4.74 Å². The smallest absolute Gasteiger partial charge is 0.438 e. The van der Waals surface area contributed by atoms with Crippen LogP contribution in [0.15, 0.2) is 35.3 Å². The predicted octanol–water partition coefficient (Wildman–Crippen LogP) is 2.60. The van der Waals surface area contributed by atoms with Crippen molar-refractivity contribution in [1.82, 2.24) is 9.97 Å². The highest BCUT2D eigenvalue weighted by Gasteiger charge is 2.30. The Morgan fingerprint density at radius 3 is 2.30 bits per heavy atom. The molecule has 106 valence electrons. The molecule has 1 heterocycles. The van der Waals surface area contributed by atoms with Crippen molar-refractivity contribution < 1.29 is 27.0 Å². The largest absolute Gasteiger partial charge is 0.573 e. The number of alkyl halides is 3. The molecule has 1 aromatic heterocycles. The summed E-state index contributed by atoms with van der Waals surface area (Å²) in [5, 5.41) is 0. The topological polar surface area (TPSA) is 64.2 Å². The maximum Gasteiger partial charge on any atom is 0.573 e. The van der Waals surface area contributed by atoms with Crippen molar-refractivity contribution >= 4 is 0 Å². The zero-order valence-corrected chi connectivity index (χ0v) is 9.57. The summed E-state index contributed by atoms with van der Waals surface area (Å²) >= 11 is 0. The number of nitrogens with one attached hydrogen (secondary N) is 1. The third-order valence-corrected chi connectivity index (χ3v) is 2.01. The average Bonchev–Trinajstić information content (AvgIpc) is 2.34. The van der Waals surface area contributed by atoms with Crippen LogP contribution in [0.25, 0.3) is 0 Å². The molecule has 5 nitrogen and oxygen atoms in total. The molecule has 0 amide bonds. The Morgan fingerprint density at radius 1 is 1.10 bits per heavy atom. The molecule has 9 heteroatoms. The average molecular weight is 290 g/mol. The summed E-state index contributed by atoms with van der Waals surface area (Å²) in [6.45, 7) is 0. The highest BCUT2D eigenvalue weighted by atomic mass is 19.4. The van der Waals surface area contributed by atoms with Crippen LogP contribution >= 0.6 is 0 Å². The molecule has 2 rings (SSSR count). The van der Waals surface area contributed by atoms with Gasteiger partial charge >= 0.3 is 12.1 Å². The summed E-state index contributed by atoms with van der Waals surface area (Å²) in [6, 6.07) is 4.22. The standard InChI is InChI=1S/C11H6F4N2O3/c12-8-5-16-10(18)17-9(8)19-6-1-3-7(4-2-6)20-11(13,14)15/h1-5H,(H,16,17,18). The van der Waals surface area contributed by atoms with Gasteiger partial charge in [-0.1, -0.05) is 0 Å². The lowest BCUT2D eigenvalue weighted by atomic mass is 10.3. The van der Waals surface area contributed by atoms with Crippen LogP contribution in [-0.2, 0) is 0 Å². The van der Waals surface area contributed by atoms with Gasteiger partial charge in [-0.2, -0.15) is 9.37 Å². The van der Waals surface area contributed by atoms with Gasteiger partial charge in [-0.3, -0.25) is 4.98 Å². The summed E-state index contributed by atoms with van der Waals surface area (Å²) in [4.78, 5) is 16.0. The van der Waals surface area contributed by atoms with E-state index in [1.807, 2.05) is 4.98 Å². The minimum absolute atomic E-state index is 0.0141. The van der Waals surface area contributed by atoms with Crippen molar-refractivity contribution in [2.24, 2.45) is 0 Å². The molecule has 0 spiro atoms. The van der Waals surface area contributed by atoms with Crippen LogP contribution in [0.1, 0.15) is 0 Å². The molecule has 0 bridgehead atoms. The Balaban J connectivity index is 2.15. The van der Waals surface area contributed by atoms with Gasteiger partial charge < -0.3 is 9.47 Å². The van der Waals surface area contributed by atoms with Crippen molar-refractivity contribution in [2.75, 3.05) is 0 Å². The zero-order valence-electron chi connectivity index (χ0n) is 9.57. The Labute approximate surface area is 108 Å². The van der Waals surface area contributed by atoms with Gasteiger partial charge in [0.1, 0.15) is 11.5 Å². The van der Waals surface area contributed by atoms with Crippen LogP contribution in [0.4, 0.5) is 17.6 Å². The first-order valence-electron chi connectivity index (χ1n) is 5.12.